The van der Waals surface area contributed by atoms with E-state index in [-0.39, 0.29) is 11.9 Å². The Labute approximate surface area is 131 Å². The van der Waals surface area contributed by atoms with Crippen LogP contribution in [-0.2, 0) is 0 Å². The van der Waals surface area contributed by atoms with Crippen molar-refractivity contribution in [3.05, 3.63) is 56.9 Å². The molecule has 3 aromatic rings. The molecule has 0 aliphatic carbocycles. The zero-order valence-electron chi connectivity index (χ0n) is 11.6. The number of benzene rings is 1. The number of furan rings is 1. The lowest BCUT2D eigenvalue weighted by molar-refractivity contribution is 0.0914. The van der Waals surface area contributed by atoms with Crippen molar-refractivity contribution in [1.82, 2.24) is 5.32 Å². The van der Waals surface area contributed by atoms with E-state index in [4.69, 9.17) is 16.0 Å². The number of hydrogen-bond donors (Lipinski definition) is 1. The molecular weight excluding hydrogens is 306 g/mol. The predicted molar refractivity (Wildman–Crippen MR) is 86.2 cm³/mol. The maximum atomic E-state index is 12.4. The van der Waals surface area contributed by atoms with E-state index in [0.29, 0.717) is 16.4 Å². The average Bonchev–Trinajstić information content (AvgIpc) is 3.08. The highest BCUT2D eigenvalue weighted by molar-refractivity contribution is 7.10. The summed E-state index contributed by atoms with van der Waals surface area (Å²) < 4.78 is 5.67. The van der Waals surface area contributed by atoms with Crippen LogP contribution >= 0.6 is 22.9 Å². The van der Waals surface area contributed by atoms with E-state index in [1.807, 2.05) is 43.5 Å². The van der Waals surface area contributed by atoms with E-state index in [2.05, 4.69) is 5.32 Å². The fraction of sp³-hybridized carbons (Fsp3) is 0.188. The predicted octanol–water partition coefficient (Wildman–Crippen LogP) is 4.95. The number of carbonyl (C=O) groups excluding carboxylic acids is 1. The number of halogens is 1. The number of nitrogens with one attached hydrogen (secondary N) is 1. The molecular formula is C16H14ClNO2S. The summed E-state index contributed by atoms with van der Waals surface area (Å²) in [5.41, 5.74) is 1.37. The van der Waals surface area contributed by atoms with Gasteiger partial charge in [-0.25, -0.2) is 0 Å². The molecule has 1 atom stereocenters. The second kappa shape index (κ2) is 5.54. The Morgan fingerprint density at radius 3 is 2.81 bits per heavy atom. The molecule has 1 amide bonds. The van der Waals surface area contributed by atoms with Gasteiger partial charge in [0.25, 0.3) is 5.91 Å². The van der Waals surface area contributed by atoms with E-state index < -0.39 is 0 Å². The van der Waals surface area contributed by atoms with Crippen LogP contribution in [0.3, 0.4) is 0 Å². The van der Waals surface area contributed by atoms with Crippen molar-refractivity contribution in [2.75, 3.05) is 0 Å². The zero-order chi connectivity index (χ0) is 15.0. The molecule has 0 saturated carbocycles. The van der Waals surface area contributed by atoms with Crippen molar-refractivity contribution in [1.29, 1.82) is 0 Å². The van der Waals surface area contributed by atoms with Crippen LogP contribution in [-0.4, -0.2) is 5.91 Å². The Morgan fingerprint density at radius 2 is 2.14 bits per heavy atom. The Bertz CT molecular complexity index is 792. The minimum absolute atomic E-state index is 0.0550. The average molecular weight is 320 g/mol. The fourth-order valence-electron chi connectivity index (χ4n) is 2.30. The Kier molecular flexibility index (Phi) is 3.74. The molecule has 0 aliphatic rings. The number of fused-ring (bicyclic) bond motifs is 1. The van der Waals surface area contributed by atoms with Gasteiger partial charge in [-0.05, 0) is 31.4 Å². The first kappa shape index (κ1) is 14.2. The van der Waals surface area contributed by atoms with Gasteiger partial charge in [0.2, 0.25) is 0 Å². The lowest BCUT2D eigenvalue weighted by atomic mass is 10.1. The lowest BCUT2D eigenvalue weighted by Gasteiger charge is -2.11. The van der Waals surface area contributed by atoms with Crippen LogP contribution in [0.1, 0.15) is 34.0 Å². The summed E-state index contributed by atoms with van der Waals surface area (Å²) >= 11 is 7.72. The van der Waals surface area contributed by atoms with Gasteiger partial charge in [0.05, 0.1) is 11.1 Å². The molecule has 0 fully saturated rings. The van der Waals surface area contributed by atoms with Crippen LogP contribution in [0.2, 0.25) is 5.02 Å². The summed E-state index contributed by atoms with van der Waals surface area (Å²) in [4.78, 5) is 13.5. The molecule has 2 aromatic heterocycles. The van der Waals surface area contributed by atoms with Gasteiger partial charge < -0.3 is 9.73 Å². The van der Waals surface area contributed by atoms with Crippen molar-refractivity contribution < 1.29 is 9.21 Å². The summed E-state index contributed by atoms with van der Waals surface area (Å²) in [7, 11) is 0. The van der Waals surface area contributed by atoms with Crippen molar-refractivity contribution >= 4 is 39.8 Å². The molecule has 0 spiro atoms. The standard InChI is InChI=1S/C16H14ClNO2S/c1-9-11-5-3-6-12(17)15(11)20-14(9)16(19)18-10(2)13-7-4-8-21-13/h3-8,10H,1-2H3,(H,18,19)/t10-/m1/s1. The minimum Gasteiger partial charge on any atom is -0.449 e. The second-order valence-corrected chi connectivity index (χ2v) is 6.27. The van der Waals surface area contributed by atoms with Gasteiger partial charge in [0, 0.05) is 15.8 Å². The lowest BCUT2D eigenvalue weighted by Crippen LogP contribution is -2.26. The molecule has 108 valence electrons. The summed E-state index contributed by atoms with van der Waals surface area (Å²) in [6.45, 7) is 3.82. The largest absolute Gasteiger partial charge is 0.449 e. The number of para-hydroxylation sites is 1. The Hall–Kier alpha value is -1.78. The molecule has 1 aromatic carbocycles. The normalized spacial score (nSPS) is 12.5. The third kappa shape index (κ3) is 2.57. The first-order chi connectivity index (χ1) is 10.1. The summed E-state index contributed by atoms with van der Waals surface area (Å²) in [5.74, 6) is 0.0992. The van der Waals surface area contributed by atoms with Crippen LogP contribution in [0.5, 0.6) is 0 Å². The van der Waals surface area contributed by atoms with Gasteiger partial charge in [0.1, 0.15) is 0 Å². The topological polar surface area (TPSA) is 42.2 Å². The number of hydrogen-bond acceptors (Lipinski definition) is 3. The number of thiophene rings is 1. The van der Waals surface area contributed by atoms with Gasteiger partial charge >= 0.3 is 0 Å². The van der Waals surface area contributed by atoms with Crippen LogP contribution in [0.25, 0.3) is 11.0 Å². The molecule has 0 aliphatic heterocycles. The number of rotatable bonds is 3. The molecule has 3 nitrogen and oxygen atoms in total. The highest BCUT2D eigenvalue weighted by Crippen LogP contribution is 2.31. The van der Waals surface area contributed by atoms with Crippen molar-refractivity contribution in [2.24, 2.45) is 0 Å². The third-order valence-corrected chi connectivity index (χ3v) is 4.79. The molecule has 0 saturated heterocycles. The minimum atomic E-state index is -0.222. The number of carbonyl (C=O) groups is 1. The van der Waals surface area contributed by atoms with E-state index in [9.17, 15) is 4.79 Å². The van der Waals surface area contributed by atoms with Crippen LogP contribution < -0.4 is 5.32 Å². The zero-order valence-corrected chi connectivity index (χ0v) is 13.2. The maximum Gasteiger partial charge on any atom is 0.287 e. The van der Waals surface area contributed by atoms with Gasteiger partial charge in [-0.1, -0.05) is 29.8 Å². The van der Waals surface area contributed by atoms with Crippen LogP contribution in [0.4, 0.5) is 0 Å². The van der Waals surface area contributed by atoms with E-state index in [1.165, 1.54) is 0 Å². The molecule has 5 heteroatoms. The SMILES string of the molecule is Cc1c(C(=O)N[C@H](C)c2cccs2)oc2c(Cl)cccc12. The molecule has 0 radical (unpaired) electrons. The number of aryl methyl sites for hydroxylation is 1. The van der Waals surface area contributed by atoms with Crippen molar-refractivity contribution in [3.63, 3.8) is 0 Å². The van der Waals surface area contributed by atoms with Gasteiger partial charge in [-0.2, -0.15) is 0 Å². The highest BCUT2D eigenvalue weighted by Gasteiger charge is 2.20. The Morgan fingerprint density at radius 1 is 1.33 bits per heavy atom. The summed E-state index contributed by atoms with van der Waals surface area (Å²) in [6, 6.07) is 9.42. The second-order valence-electron chi connectivity index (χ2n) is 4.88. The molecule has 2 heterocycles. The molecule has 21 heavy (non-hydrogen) atoms. The van der Waals surface area contributed by atoms with E-state index in [0.717, 1.165) is 15.8 Å². The maximum absolute atomic E-state index is 12.4. The summed E-state index contributed by atoms with van der Waals surface area (Å²) in [6.07, 6.45) is 0. The summed E-state index contributed by atoms with van der Waals surface area (Å²) in [5, 5.41) is 6.33. The van der Waals surface area contributed by atoms with Crippen molar-refractivity contribution in [3.8, 4) is 0 Å². The van der Waals surface area contributed by atoms with E-state index >= 15 is 0 Å². The third-order valence-electron chi connectivity index (χ3n) is 3.44. The number of amides is 1. The quantitative estimate of drug-likeness (QED) is 0.742. The monoisotopic (exact) mass is 319 g/mol. The first-order valence-corrected chi connectivity index (χ1v) is 7.85. The Balaban J connectivity index is 1.91. The first-order valence-electron chi connectivity index (χ1n) is 6.60. The fourth-order valence-corrected chi connectivity index (χ4v) is 3.24. The van der Waals surface area contributed by atoms with Gasteiger partial charge in [-0.3, -0.25) is 4.79 Å². The smallest absolute Gasteiger partial charge is 0.287 e. The molecule has 0 bridgehead atoms. The highest BCUT2D eigenvalue weighted by atomic mass is 35.5. The van der Waals surface area contributed by atoms with Crippen LogP contribution in [0.15, 0.2) is 40.1 Å². The van der Waals surface area contributed by atoms with Gasteiger partial charge in [-0.15, -0.1) is 11.3 Å². The molecule has 3 rings (SSSR count). The van der Waals surface area contributed by atoms with Gasteiger partial charge in [0.15, 0.2) is 11.3 Å². The van der Waals surface area contributed by atoms with Crippen LogP contribution in [0, 0.1) is 6.92 Å². The van der Waals surface area contributed by atoms with Crippen molar-refractivity contribution in [2.45, 2.75) is 19.9 Å². The van der Waals surface area contributed by atoms with E-state index in [1.54, 1.807) is 17.4 Å². The molecule has 0 unspecified atom stereocenters. The molecule has 1 N–H and O–H groups in total.